The molecule has 2 fully saturated rings. The van der Waals surface area contributed by atoms with Crippen molar-refractivity contribution in [1.29, 1.82) is 0 Å². The van der Waals surface area contributed by atoms with Crippen molar-refractivity contribution in [3.05, 3.63) is 29.3 Å². The van der Waals surface area contributed by atoms with E-state index in [1.54, 1.807) is 4.90 Å². The summed E-state index contributed by atoms with van der Waals surface area (Å²) in [4.78, 5) is 28.7. The van der Waals surface area contributed by atoms with Crippen LogP contribution in [0.4, 0.5) is 5.69 Å². The molecule has 1 aromatic rings. The number of carbonyl (C=O) groups is 2. The van der Waals surface area contributed by atoms with Crippen molar-refractivity contribution in [2.45, 2.75) is 52.0 Å². The summed E-state index contributed by atoms with van der Waals surface area (Å²) in [5, 5.41) is 2.93. The molecule has 0 spiro atoms. The number of aryl methyl sites for hydroxylation is 1. The SMILES string of the molecule is Cc1cccc(N2CCN(C(=O)C(=O)NC3CCCCC3)CC2)c1C. The molecule has 1 aliphatic heterocycles. The van der Waals surface area contributed by atoms with Crippen LogP contribution in [0.3, 0.4) is 0 Å². The van der Waals surface area contributed by atoms with Gasteiger partial charge in [-0.05, 0) is 43.9 Å². The maximum Gasteiger partial charge on any atom is 0.312 e. The van der Waals surface area contributed by atoms with Gasteiger partial charge < -0.3 is 15.1 Å². The van der Waals surface area contributed by atoms with Crippen LogP contribution in [0.15, 0.2) is 18.2 Å². The molecule has 1 heterocycles. The van der Waals surface area contributed by atoms with E-state index in [9.17, 15) is 9.59 Å². The fourth-order valence-corrected chi connectivity index (χ4v) is 3.87. The minimum atomic E-state index is -0.424. The van der Waals surface area contributed by atoms with E-state index < -0.39 is 5.91 Å². The van der Waals surface area contributed by atoms with Crippen molar-refractivity contribution in [2.75, 3.05) is 31.1 Å². The standard InChI is InChI=1S/C20H29N3O2/c1-15-7-6-10-18(16(15)2)22-11-13-23(14-12-22)20(25)19(24)21-17-8-4-3-5-9-17/h6-7,10,17H,3-5,8-9,11-14H2,1-2H3,(H,21,24). The van der Waals surface area contributed by atoms with Crippen molar-refractivity contribution in [1.82, 2.24) is 10.2 Å². The van der Waals surface area contributed by atoms with Crippen LogP contribution in [-0.4, -0.2) is 48.9 Å². The van der Waals surface area contributed by atoms with Gasteiger partial charge in [-0.15, -0.1) is 0 Å². The molecule has 136 valence electrons. The Balaban J connectivity index is 1.53. The van der Waals surface area contributed by atoms with Gasteiger partial charge in [-0.2, -0.15) is 0 Å². The molecule has 0 bridgehead atoms. The topological polar surface area (TPSA) is 52.7 Å². The number of carbonyl (C=O) groups excluding carboxylic acids is 2. The molecular weight excluding hydrogens is 314 g/mol. The second-order valence-corrected chi connectivity index (χ2v) is 7.31. The lowest BCUT2D eigenvalue weighted by Crippen LogP contribution is -2.54. The number of anilines is 1. The van der Waals surface area contributed by atoms with Crippen molar-refractivity contribution in [2.24, 2.45) is 0 Å². The smallest absolute Gasteiger partial charge is 0.312 e. The number of hydrogen-bond acceptors (Lipinski definition) is 3. The Morgan fingerprint density at radius 1 is 1.00 bits per heavy atom. The summed E-state index contributed by atoms with van der Waals surface area (Å²) in [6.07, 6.45) is 5.53. The Kier molecular flexibility index (Phi) is 5.61. The number of nitrogens with one attached hydrogen (secondary N) is 1. The highest BCUT2D eigenvalue weighted by atomic mass is 16.2. The molecule has 3 rings (SSSR count). The van der Waals surface area contributed by atoms with Crippen LogP contribution in [0.5, 0.6) is 0 Å². The molecule has 25 heavy (non-hydrogen) atoms. The minimum Gasteiger partial charge on any atom is -0.368 e. The highest BCUT2D eigenvalue weighted by Crippen LogP contribution is 2.24. The molecule has 1 N–H and O–H groups in total. The molecule has 1 saturated heterocycles. The van der Waals surface area contributed by atoms with Crippen LogP contribution in [0.2, 0.25) is 0 Å². The van der Waals surface area contributed by atoms with Gasteiger partial charge in [-0.25, -0.2) is 0 Å². The molecule has 0 atom stereocenters. The van der Waals surface area contributed by atoms with E-state index in [0.717, 1.165) is 38.8 Å². The van der Waals surface area contributed by atoms with E-state index in [2.05, 4.69) is 42.3 Å². The van der Waals surface area contributed by atoms with E-state index >= 15 is 0 Å². The molecule has 2 amide bonds. The summed E-state index contributed by atoms with van der Waals surface area (Å²) in [6, 6.07) is 6.51. The number of hydrogen-bond donors (Lipinski definition) is 1. The first kappa shape index (κ1) is 17.8. The van der Waals surface area contributed by atoms with Crippen LogP contribution < -0.4 is 10.2 Å². The zero-order valence-electron chi connectivity index (χ0n) is 15.4. The number of rotatable bonds is 2. The third kappa shape index (κ3) is 4.14. The zero-order valence-corrected chi connectivity index (χ0v) is 15.4. The predicted molar refractivity (Wildman–Crippen MR) is 99.7 cm³/mol. The lowest BCUT2D eigenvalue weighted by molar-refractivity contribution is -0.146. The van der Waals surface area contributed by atoms with Gasteiger partial charge in [0.05, 0.1) is 0 Å². The fourth-order valence-electron chi connectivity index (χ4n) is 3.87. The first-order chi connectivity index (χ1) is 12.1. The van der Waals surface area contributed by atoms with E-state index in [1.165, 1.54) is 23.2 Å². The average Bonchev–Trinajstić information content (AvgIpc) is 2.64. The highest BCUT2D eigenvalue weighted by molar-refractivity contribution is 6.35. The van der Waals surface area contributed by atoms with Crippen molar-refractivity contribution in [3.8, 4) is 0 Å². The quantitative estimate of drug-likeness (QED) is 0.839. The second kappa shape index (κ2) is 7.89. The van der Waals surface area contributed by atoms with Crippen molar-refractivity contribution in [3.63, 3.8) is 0 Å². The Hall–Kier alpha value is -2.04. The summed E-state index contributed by atoms with van der Waals surface area (Å²) in [7, 11) is 0. The molecule has 5 nitrogen and oxygen atoms in total. The van der Waals surface area contributed by atoms with Gasteiger partial charge in [-0.1, -0.05) is 31.4 Å². The summed E-state index contributed by atoms with van der Waals surface area (Å²) in [5.74, 6) is -0.793. The summed E-state index contributed by atoms with van der Waals surface area (Å²) < 4.78 is 0. The largest absolute Gasteiger partial charge is 0.368 e. The zero-order chi connectivity index (χ0) is 17.8. The molecule has 1 saturated carbocycles. The van der Waals surface area contributed by atoms with Crippen LogP contribution in [0, 0.1) is 13.8 Å². The third-order valence-corrected chi connectivity index (χ3v) is 5.62. The Bertz CT molecular complexity index is 630. The third-order valence-electron chi connectivity index (χ3n) is 5.62. The van der Waals surface area contributed by atoms with E-state index in [-0.39, 0.29) is 11.9 Å². The summed E-state index contributed by atoms with van der Waals surface area (Å²) in [6.45, 7) is 7.00. The van der Waals surface area contributed by atoms with Gasteiger partial charge in [0.2, 0.25) is 0 Å². The van der Waals surface area contributed by atoms with Gasteiger partial charge in [0.1, 0.15) is 0 Å². The van der Waals surface area contributed by atoms with Crippen molar-refractivity contribution >= 4 is 17.5 Å². The van der Waals surface area contributed by atoms with Gasteiger partial charge in [0, 0.05) is 37.9 Å². The summed E-state index contributed by atoms with van der Waals surface area (Å²) >= 11 is 0. The Labute approximate surface area is 150 Å². The van der Waals surface area contributed by atoms with Crippen LogP contribution >= 0.6 is 0 Å². The first-order valence-electron chi connectivity index (χ1n) is 9.47. The first-order valence-corrected chi connectivity index (χ1v) is 9.47. The molecule has 0 unspecified atom stereocenters. The van der Waals surface area contributed by atoms with Crippen molar-refractivity contribution < 1.29 is 9.59 Å². The number of piperazine rings is 1. The lowest BCUT2D eigenvalue weighted by Gasteiger charge is -2.37. The van der Waals surface area contributed by atoms with Gasteiger partial charge in [0.25, 0.3) is 0 Å². The predicted octanol–water partition coefficient (Wildman–Crippen LogP) is 2.40. The normalized spacial score (nSPS) is 19.0. The van der Waals surface area contributed by atoms with Crippen LogP contribution in [-0.2, 0) is 9.59 Å². The molecule has 2 aliphatic rings. The fraction of sp³-hybridized carbons (Fsp3) is 0.600. The van der Waals surface area contributed by atoms with Crippen LogP contribution in [0.1, 0.15) is 43.2 Å². The Morgan fingerprint density at radius 3 is 2.36 bits per heavy atom. The van der Waals surface area contributed by atoms with E-state index in [4.69, 9.17) is 0 Å². The molecule has 1 aliphatic carbocycles. The monoisotopic (exact) mass is 343 g/mol. The van der Waals surface area contributed by atoms with E-state index in [0.29, 0.717) is 13.1 Å². The van der Waals surface area contributed by atoms with E-state index in [1.807, 2.05) is 0 Å². The summed E-state index contributed by atoms with van der Waals surface area (Å²) in [5.41, 5.74) is 3.80. The average molecular weight is 343 g/mol. The molecule has 1 aromatic carbocycles. The number of nitrogens with zero attached hydrogens (tertiary/aromatic N) is 2. The maximum atomic E-state index is 12.4. The van der Waals surface area contributed by atoms with Gasteiger partial charge in [0.15, 0.2) is 0 Å². The molecule has 5 heteroatoms. The minimum absolute atomic E-state index is 0.182. The maximum absolute atomic E-state index is 12.4. The Morgan fingerprint density at radius 2 is 1.68 bits per heavy atom. The molecule has 0 radical (unpaired) electrons. The van der Waals surface area contributed by atoms with Crippen LogP contribution in [0.25, 0.3) is 0 Å². The number of benzene rings is 1. The highest BCUT2D eigenvalue weighted by Gasteiger charge is 2.28. The second-order valence-electron chi connectivity index (χ2n) is 7.31. The van der Waals surface area contributed by atoms with Gasteiger partial charge in [-0.3, -0.25) is 9.59 Å². The lowest BCUT2D eigenvalue weighted by atomic mass is 9.95. The number of amides is 2. The molecule has 0 aromatic heterocycles. The van der Waals surface area contributed by atoms with Gasteiger partial charge >= 0.3 is 11.8 Å². The molecular formula is C20H29N3O2.